The number of ketones is 1. The summed E-state index contributed by atoms with van der Waals surface area (Å²) in [6.45, 7) is 0. The number of benzene rings is 1. The van der Waals surface area contributed by atoms with E-state index in [1.807, 2.05) is 6.07 Å². The third kappa shape index (κ3) is 6.43. The summed E-state index contributed by atoms with van der Waals surface area (Å²) >= 11 is 0. The molecule has 15 heavy (non-hydrogen) atoms. The van der Waals surface area contributed by atoms with Crippen molar-refractivity contribution in [3.8, 4) is 0 Å². The van der Waals surface area contributed by atoms with Gasteiger partial charge in [-0.3, -0.25) is 4.79 Å². The lowest BCUT2D eigenvalue weighted by Crippen LogP contribution is -2.14. The van der Waals surface area contributed by atoms with Crippen molar-refractivity contribution in [1.82, 2.24) is 0 Å². The van der Waals surface area contributed by atoms with Crippen molar-refractivity contribution < 1.29 is 14.7 Å². The van der Waals surface area contributed by atoms with E-state index in [4.69, 9.17) is 5.11 Å². The highest BCUT2D eigenvalue weighted by molar-refractivity contribution is 6.33. The largest absolute Gasteiger partial charge is 0.475 e. The molecule has 0 amide bonds. The number of carboxylic acids is 1. The van der Waals surface area contributed by atoms with Crippen LogP contribution in [0.3, 0.4) is 0 Å². The molecule has 0 heterocycles. The van der Waals surface area contributed by atoms with Crippen molar-refractivity contribution in [3.05, 3.63) is 35.9 Å². The first-order chi connectivity index (χ1) is 5.70. The molecule has 0 aromatic heterocycles. The quantitative estimate of drug-likeness (QED) is 0.784. The lowest BCUT2D eigenvalue weighted by atomic mass is 10.1. The molecule has 1 aromatic carbocycles. The number of hydrogen-bond acceptors (Lipinski definition) is 2. The maximum absolute atomic E-state index is 10.7. The van der Waals surface area contributed by atoms with Crippen molar-refractivity contribution in [2.24, 2.45) is 0 Å². The van der Waals surface area contributed by atoms with E-state index in [9.17, 15) is 9.59 Å². The maximum atomic E-state index is 10.7. The molecule has 0 unspecified atom stereocenters. The Hall–Kier alpha value is -1.64. The average molecular weight is 212 g/mol. The van der Waals surface area contributed by atoms with Crippen LogP contribution in [0.2, 0.25) is 0 Å². The van der Waals surface area contributed by atoms with Crippen LogP contribution in [0, 0.1) is 0 Å². The van der Waals surface area contributed by atoms with E-state index >= 15 is 0 Å². The zero-order chi connectivity index (χ0) is 8.97. The summed E-state index contributed by atoms with van der Waals surface area (Å²) in [5, 5.41) is 8.29. The van der Waals surface area contributed by atoms with E-state index in [-0.39, 0.29) is 28.7 Å². The van der Waals surface area contributed by atoms with Crippen molar-refractivity contribution in [3.63, 3.8) is 0 Å². The molecular weight excluding hydrogens is 192 g/mol. The van der Waals surface area contributed by atoms with E-state index in [0.717, 1.165) is 5.56 Å². The number of hydrogen-bond donors (Lipinski definition) is 1. The number of Topliss-reactive ketones (excluding diaryl/α,β-unsaturated/α-hetero) is 1. The maximum Gasteiger partial charge on any atom is 0.372 e. The van der Waals surface area contributed by atoms with E-state index in [1.54, 1.807) is 24.3 Å². The minimum Gasteiger partial charge on any atom is -0.475 e. The van der Waals surface area contributed by atoms with E-state index in [1.165, 1.54) is 0 Å². The standard InChI is InChI=1S/C9H8O3.3CH4/c10-8(9(11)12)6-7-4-2-1-3-5-7;;;/h1-5H,6H2,(H,11,12);3*1H4. The first-order valence-electron chi connectivity index (χ1n) is 3.50. The third-order valence-electron chi connectivity index (χ3n) is 1.45. The summed E-state index contributed by atoms with van der Waals surface area (Å²) in [5.74, 6) is -2.15. The number of carbonyl (C=O) groups excluding carboxylic acids is 1. The van der Waals surface area contributed by atoms with E-state index in [0.29, 0.717) is 0 Å². The minimum atomic E-state index is -1.38. The molecule has 0 aliphatic rings. The molecule has 1 aromatic rings. The highest BCUT2D eigenvalue weighted by Gasteiger charge is 2.10. The number of aliphatic carboxylic acids is 1. The first-order valence-corrected chi connectivity index (χ1v) is 3.50. The molecule has 1 rings (SSSR count). The normalized spacial score (nSPS) is 7.47. The summed E-state index contributed by atoms with van der Waals surface area (Å²) in [7, 11) is 0. The molecule has 86 valence electrons. The van der Waals surface area contributed by atoms with Gasteiger partial charge in [0.15, 0.2) is 0 Å². The summed E-state index contributed by atoms with van der Waals surface area (Å²) < 4.78 is 0. The van der Waals surface area contributed by atoms with Crippen molar-refractivity contribution in [2.75, 3.05) is 0 Å². The summed E-state index contributed by atoms with van der Waals surface area (Å²) in [4.78, 5) is 20.9. The Morgan fingerprint density at radius 3 is 1.87 bits per heavy atom. The summed E-state index contributed by atoms with van der Waals surface area (Å²) in [6, 6.07) is 8.80. The van der Waals surface area contributed by atoms with Crippen LogP contribution >= 0.6 is 0 Å². The molecule has 0 saturated carbocycles. The van der Waals surface area contributed by atoms with Crippen molar-refractivity contribution >= 4 is 11.8 Å². The van der Waals surface area contributed by atoms with Gasteiger partial charge in [0, 0.05) is 6.42 Å². The molecule has 0 fully saturated rings. The fraction of sp³-hybridized carbons (Fsp3) is 0.333. The van der Waals surface area contributed by atoms with Crippen LogP contribution in [-0.4, -0.2) is 16.9 Å². The first kappa shape index (κ1) is 19.0. The highest BCUT2D eigenvalue weighted by Crippen LogP contribution is 1.99. The Morgan fingerprint density at radius 1 is 1.00 bits per heavy atom. The Bertz CT molecular complexity index is 291. The van der Waals surface area contributed by atoms with Gasteiger partial charge < -0.3 is 5.11 Å². The minimum absolute atomic E-state index is 0. The van der Waals surface area contributed by atoms with Gasteiger partial charge in [0.1, 0.15) is 0 Å². The van der Waals surface area contributed by atoms with Crippen molar-refractivity contribution in [1.29, 1.82) is 0 Å². The van der Waals surface area contributed by atoms with Gasteiger partial charge in [-0.25, -0.2) is 4.79 Å². The summed E-state index contributed by atoms with van der Waals surface area (Å²) in [5.41, 5.74) is 0.727. The zero-order valence-corrected chi connectivity index (χ0v) is 6.36. The van der Waals surface area contributed by atoms with Gasteiger partial charge in [-0.1, -0.05) is 52.6 Å². The number of carbonyl (C=O) groups is 2. The Kier molecular flexibility index (Phi) is 11.3. The molecule has 0 bridgehead atoms. The second kappa shape index (κ2) is 8.94. The fourth-order valence-corrected chi connectivity index (χ4v) is 0.857. The van der Waals surface area contributed by atoms with Gasteiger partial charge in [0.05, 0.1) is 0 Å². The summed E-state index contributed by atoms with van der Waals surface area (Å²) in [6.07, 6.45) is -0.0316. The molecule has 3 heteroatoms. The predicted octanol–water partition coefficient (Wildman–Crippen LogP) is 2.79. The van der Waals surface area contributed by atoms with Crippen LogP contribution in [0.15, 0.2) is 30.3 Å². The Morgan fingerprint density at radius 2 is 1.47 bits per heavy atom. The predicted molar refractivity (Wildman–Crippen MR) is 63.0 cm³/mol. The van der Waals surface area contributed by atoms with Crippen LogP contribution in [0.25, 0.3) is 0 Å². The molecule has 0 atom stereocenters. The van der Waals surface area contributed by atoms with Gasteiger partial charge in [0.25, 0.3) is 0 Å². The molecule has 0 radical (unpaired) electrons. The monoisotopic (exact) mass is 212 g/mol. The van der Waals surface area contributed by atoms with Gasteiger partial charge in [-0.2, -0.15) is 0 Å². The average Bonchev–Trinajstić information content (AvgIpc) is 2.06. The fourth-order valence-electron chi connectivity index (χ4n) is 0.857. The number of carboxylic acid groups (broad SMARTS) is 1. The lowest BCUT2D eigenvalue weighted by Gasteiger charge is -1.94. The topological polar surface area (TPSA) is 54.4 Å². The molecule has 1 N–H and O–H groups in total. The third-order valence-corrected chi connectivity index (χ3v) is 1.45. The van der Waals surface area contributed by atoms with Gasteiger partial charge >= 0.3 is 5.97 Å². The van der Waals surface area contributed by atoms with Crippen molar-refractivity contribution in [2.45, 2.75) is 28.7 Å². The van der Waals surface area contributed by atoms with E-state index in [2.05, 4.69) is 0 Å². The van der Waals surface area contributed by atoms with Crippen LogP contribution < -0.4 is 0 Å². The highest BCUT2D eigenvalue weighted by atomic mass is 16.4. The smallest absolute Gasteiger partial charge is 0.372 e. The van der Waals surface area contributed by atoms with Crippen LogP contribution in [0.1, 0.15) is 27.8 Å². The lowest BCUT2D eigenvalue weighted by molar-refractivity contribution is -0.148. The van der Waals surface area contributed by atoms with E-state index < -0.39 is 11.8 Å². The molecule has 3 nitrogen and oxygen atoms in total. The number of rotatable bonds is 3. The Labute approximate surface area is 91.8 Å². The second-order valence-corrected chi connectivity index (χ2v) is 2.39. The van der Waals surface area contributed by atoms with Gasteiger partial charge in [0.2, 0.25) is 5.78 Å². The molecule has 0 spiro atoms. The molecule has 0 aliphatic heterocycles. The zero-order valence-electron chi connectivity index (χ0n) is 6.36. The second-order valence-electron chi connectivity index (χ2n) is 2.39. The van der Waals surface area contributed by atoms with Crippen LogP contribution in [-0.2, 0) is 16.0 Å². The van der Waals surface area contributed by atoms with Crippen LogP contribution in [0.4, 0.5) is 0 Å². The van der Waals surface area contributed by atoms with Gasteiger partial charge in [-0.15, -0.1) is 0 Å². The van der Waals surface area contributed by atoms with Crippen LogP contribution in [0.5, 0.6) is 0 Å². The SMILES string of the molecule is C.C.C.O=C(O)C(=O)Cc1ccccc1. The molecule has 0 aliphatic carbocycles. The Balaban J connectivity index is -0.000000480. The molecule has 0 saturated heterocycles. The van der Waals surface area contributed by atoms with Gasteiger partial charge in [-0.05, 0) is 5.56 Å². The molecular formula is C12H20O3.